The minimum Gasteiger partial charge on any atom is -0.228 e. The van der Waals surface area contributed by atoms with E-state index in [1.807, 2.05) is 0 Å². The number of rotatable bonds is 8. The van der Waals surface area contributed by atoms with Crippen LogP contribution in [-0.2, 0) is 5.41 Å². The number of fused-ring (bicyclic) bond motifs is 4. The summed E-state index contributed by atoms with van der Waals surface area (Å²) in [5, 5.41) is 1.03. The van der Waals surface area contributed by atoms with E-state index >= 15 is 0 Å². The number of benzene rings is 10. The van der Waals surface area contributed by atoms with Gasteiger partial charge in [-0.1, -0.05) is 218 Å². The van der Waals surface area contributed by atoms with Gasteiger partial charge in [-0.3, -0.25) is 0 Å². The van der Waals surface area contributed by atoms with Crippen molar-refractivity contribution in [3.05, 3.63) is 277 Å². The molecule has 0 radical (unpaired) electrons. The Bertz CT molecular complexity index is 3480. The highest BCUT2D eigenvalue weighted by Crippen LogP contribution is 2.56. The van der Waals surface area contributed by atoms with Gasteiger partial charge in [-0.05, 0) is 114 Å². The van der Waals surface area contributed by atoms with Crippen LogP contribution in [0.1, 0.15) is 22.3 Å². The van der Waals surface area contributed by atoms with Gasteiger partial charge in [-0.2, -0.15) is 0 Å². The second-order valence-electron chi connectivity index (χ2n) is 16.9. The second kappa shape index (κ2) is 16.0. The van der Waals surface area contributed by atoms with Crippen molar-refractivity contribution in [2.24, 2.45) is 0 Å². The molecule has 0 fully saturated rings. The maximum absolute atomic E-state index is 5.31. The predicted molar refractivity (Wildman–Crippen MR) is 269 cm³/mol. The smallest absolute Gasteiger partial charge is 0.160 e. The summed E-state index contributed by atoms with van der Waals surface area (Å²) < 4.78 is 0. The molecule has 304 valence electrons. The lowest BCUT2D eigenvalue weighted by Gasteiger charge is -2.34. The number of aromatic nitrogens is 2. The van der Waals surface area contributed by atoms with Crippen molar-refractivity contribution in [1.29, 1.82) is 0 Å². The van der Waals surface area contributed by atoms with Crippen LogP contribution in [0.25, 0.3) is 89.2 Å². The zero-order valence-corrected chi connectivity index (χ0v) is 35.6. The average Bonchev–Trinajstić information content (AvgIpc) is 3.70. The molecule has 2 nitrogen and oxygen atoms in total. The lowest BCUT2D eigenvalue weighted by Crippen LogP contribution is -2.28. The molecule has 10 aromatic carbocycles. The van der Waals surface area contributed by atoms with E-state index < -0.39 is 5.41 Å². The van der Waals surface area contributed by atoms with E-state index in [9.17, 15) is 0 Å². The fourth-order valence-corrected chi connectivity index (χ4v) is 10.1. The molecule has 0 atom stereocenters. The highest BCUT2D eigenvalue weighted by molar-refractivity contribution is 5.94. The van der Waals surface area contributed by atoms with Crippen molar-refractivity contribution in [3.8, 4) is 78.3 Å². The summed E-state index contributed by atoms with van der Waals surface area (Å²) >= 11 is 0. The molecule has 0 saturated carbocycles. The summed E-state index contributed by atoms with van der Waals surface area (Å²) in [6.07, 6.45) is 0. The van der Waals surface area contributed by atoms with Gasteiger partial charge in [0.25, 0.3) is 0 Å². The lowest BCUT2D eigenvalue weighted by atomic mass is 9.67. The van der Waals surface area contributed by atoms with Gasteiger partial charge in [0, 0.05) is 16.5 Å². The standard InChI is InChI=1S/C63H42N2/c1-4-18-43(19-5-1)45-34-36-46(37-35-45)61-57-30-12-15-33-60(57)64-62(65-61)49-24-16-22-47(38-49)51-39-50(44-20-6-2-7-21-44)40-52(41-51)48-23-17-27-54(42-48)63(53-25-8-3-9-26-53)58-31-13-10-28-55(58)56-29-11-14-32-59(56)63/h1-42H. The average molecular weight is 827 g/mol. The van der Waals surface area contributed by atoms with Crippen LogP contribution >= 0.6 is 0 Å². The minimum atomic E-state index is -0.485. The summed E-state index contributed by atoms with van der Waals surface area (Å²) in [6, 6.07) is 92.1. The van der Waals surface area contributed by atoms with Crippen LogP contribution < -0.4 is 0 Å². The van der Waals surface area contributed by atoms with Crippen molar-refractivity contribution in [2.75, 3.05) is 0 Å². The Morgan fingerprint density at radius 3 is 1.35 bits per heavy atom. The zero-order valence-electron chi connectivity index (χ0n) is 35.6. The number of hydrogen-bond donors (Lipinski definition) is 0. The highest BCUT2D eigenvalue weighted by atomic mass is 14.9. The van der Waals surface area contributed by atoms with Crippen LogP contribution in [0.2, 0.25) is 0 Å². The Hall–Kier alpha value is -8.46. The summed E-state index contributed by atoms with van der Waals surface area (Å²) in [5.74, 6) is 0.697. The molecule has 1 aliphatic carbocycles. The Labute approximate surface area is 379 Å². The van der Waals surface area contributed by atoms with Crippen LogP contribution in [0.15, 0.2) is 255 Å². The lowest BCUT2D eigenvalue weighted by molar-refractivity contribution is 0.769. The van der Waals surface area contributed by atoms with Crippen molar-refractivity contribution < 1.29 is 0 Å². The molecule has 1 aliphatic rings. The van der Waals surface area contributed by atoms with E-state index in [2.05, 4.69) is 255 Å². The van der Waals surface area contributed by atoms with Crippen LogP contribution in [0.5, 0.6) is 0 Å². The van der Waals surface area contributed by atoms with E-state index in [1.54, 1.807) is 0 Å². The van der Waals surface area contributed by atoms with Gasteiger partial charge in [0.1, 0.15) is 0 Å². The molecule has 65 heavy (non-hydrogen) atoms. The third-order valence-electron chi connectivity index (χ3n) is 13.2. The Balaban J connectivity index is 0.992. The third kappa shape index (κ3) is 6.67. The van der Waals surface area contributed by atoms with E-state index in [0.717, 1.165) is 55.5 Å². The summed E-state index contributed by atoms with van der Waals surface area (Å²) in [4.78, 5) is 10.5. The molecule has 0 unspecified atom stereocenters. The van der Waals surface area contributed by atoms with E-state index in [4.69, 9.17) is 9.97 Å². The molecule has 11 aromatic rings. The van der Waals surface area contributed by atoms with Gasteiger partial charge in [-0.25, -0.2) is 9.97 Å². The Morgan fingerprint density at radius 1 is 0.262 bits per heavy atom. The fourth-order valence-electron chi connectivity index (χ4n) is 10.1. The van der Waals surface area contributed by atoms with Crippen LogP contribution in [-0.4, -0.2) is 9.97 Å². The second-order valence-corrected chi connectivity index (χ2v) is 16.9. The minimum absolute atomic E-state index is 0.485. The fraction of sp³-hybridized carbons (Fsp3) is 0.0159. The third-order valence-corrected chi connectivity index (χ3v) is 13.2. The van der Waals surface area contributed by atoms with Crippen molar-refractivity contribution in [2.45, 2.75) is 5.41 Å². The van der Waals surface area contributed by atoms with Gasteiger partial charge in [-0.15, -0.1) is 0 Å². The number of nitrogens with zero attached hydrogens (tertiary/aromatic N) is 2. The van der Waals surface area contributed by atoms with Crippen molar-refractivity contribution >= 4 is 10.9 Å². The quantitative estimate of drug-likeness (QED) is 0.152. The summed E-state index contributed by atoms with van der Waals surface area (Å²) in [7, 11) is 0. The van der Waals surface area contributed by atoms with Crippen LogP contribution in [0, 0.1) is 0 Å². The van der Waals surface area contributed by atoms with E-state index in [-0.39, 0.29) is 0 Å². The topological polar surface area (TPSA) is 25.8 Å². The van der Waals surface area contributed by atoms with Gasteiger partial charge < -0.3 is 0 Å². The molecule has 2 heteroatoms. The molecule has 0 spiro atoms. The SMILES string of the molecule is c1ccc(-c2ccc(-c3nc(-c4cccc(-c5cc(-c6ccccc6)cc(-c6cccc(C7(c8ccccc8)c8ccccc8-c8ccccc87)c6)c5)c4)nc4ccccc34)cc2)cc1. The summed E-state index contributed by atoms with van der Waals surface area (Å²) in [5.41, 5.74) is 20.3. The first kappa shape index (κ1) is 38.2. The van der Waals surface area contributed by atoms with Crippen molar-refractivity contribution in [1.82, 2.24) is 9.97 Å². The molecule has 1 aromatic heterocycles. The molecule has 0 aliphatic heterocycles. The largest absolute Gasteiger partial charge is 0.228 e. The van der Waals surface area contributed by atoms with Gasteiger partial charge in [0.2, 0.25) is 0 Å². The molecule has 0 bridgehead atoms. The monoisotopic (exact) mass is 826 g/mol. The first-order chi connectivity index (χ1) is 32.2. The highest BCUT2D eigenvalue weighted by Gasteiger charge is 2.45. The molecule has 0 saturated heterocycles. The predicted octanol–water partition coefficient (Wildman–Crippen LogP) is 16.0. The molecule has 0 amide bonds. The van der Waals surface area contributed by atoms with E-state index in [0.29, 0.717) is 5.82 Å². The molecular weight excluding hydrogens is 785 g/mol. The number of para-hydroxylation sites is 1. The maximum Gasteiger partial charge on any atom is 0.160 e. The Kier molecular flexibility index (Phi) is 9.43. The normalized spacial score (nSPS) is 12.4. The molecule has 1 heterocycles. The molecular formula is C63H42N2. The summed E-state index contributed by atoms with van der Waals surface area (Å²) in [6.45, 7) is 0. The van der Waals surface area contributed by atoms with Gasteiger partial charge in [0.15, 0.2) is 5.82 Å². The number of hydrogen-bond acceptors (Lipinski definition) is 2. The van der Waals surface area contributed by atoms with Crippen LogP contribution in [0.3, 0.4) is 0 Å². The zero-order chi connectivity index (χ0) is 43.2. The van der Waals surface area contributed by atoms with Gasteiger partial charge in [0.05, 0.1) is 16.6 Å². The first-order valence-electron chi connectivity index (χ1n) is 22.3. The van der Waals surface area contributed by atoms with Crippen molar-refractivity contribution in [3.63, 3.8) is 0 Å². The molecule has 12 rings (SSSR count). The Morgan fingerprint density at radius 2 is 0.692 bits per heavy atom. The maximum atomic E-state index is 5.31. The molecule has 0 N–H and O–H groups in total. The first-order valence-corrected chi connectivity index (χ1v) is 22.3. The van der Waals surface area contributed by atoms with E-state index in [1.165, 1.54) is 50.1 Å². The van der Waals surface area contributed by atoms with Gasteiger partial charge >= 0.3 is 0 Å². The van der Waals surface area contributed by atoms with Crippen LogP contribution in [0.4, 0.5) is 0 Å².